The van der Waals surface area contributed by atoms with Gasteiger partial charge in [-0.15, -0.1) is 12.3 Å². The van der Waals surface area contributed by atoms with Gasteiger partial charge in [-0.1, -0.05) is 0 Å². The Morgan fingerprint density at radius 2 is 2.33 bits per heavy atom. The normalized spacial score (nSPS) is 15.6. The summed E-state index contributed by atoms with van der Waals surface area (Å²) in [5.41, 5.74) is 2.06. The van der Waals surface area contributed by atoms with E-state index in [2.05, 4.69) is 16.0 Å². The van der Waals surface area contributed by atoms with Gasteiger partial charge in [0.25, 0.3) is 0 Å². The first-order valence-corrected chi connectivity index (χ1v) is 7.34. The lowest BCUT2D eigenvalue weighted by Crippen LogP contribution is -2.32. The molecule has 0 saturated carbocycles. The Morgan fingerprint density at radius 1 is 1.56 bits per heavy atom. The Kier molecular flexibility index (Phi) is 3.60. The molecule has 0 fully saturated rings. The molecular weight excluding hydrogens is 248 g/mol. The van der Waals surface area contributed by atoms with E-state index in [-0.39, 0.29) is 6.04 Å². The van der Waals surface area contributed by atoms with Crippen molar-refractivity contribution >= 4 is 15.7 Å². The van der Waals surface area contributed by atoms with Crippen LogP contribution in [0.5, 0.6) is 0 Å². The number of sulfonamides is 1. The van der Waals surface area contributed by atoms with E-state index in [1.165, 1.54) is 0 Å². The first-order chi connectivity index (χ1) is 8.53. The van der Waals surface area contributed by atoms with Crippen LogP contribution in [-0.4, -0.2) is 21.0 Å². The molecule has 1 aliphatic rings. The molecule has 1 aromatic rings. The Bertz CT molecular complexity index is 587. The van der Waals surface area contributed by atoms with Crippen LogP contribution in [0.3, 0.4) is 0 Å². The zero-order chi connectivity index (χ0) is 13.2. The van der Waals surface area contributed by atoms with Crippen molar-refractivity contribution in [3.8, 4) is 12.3 Å². The maximum Gasteiger partial charge on any atom is 0.240 e. The van der Waals surface area contributed by atoms with E-state index in [9.17, 15) is 8.42 Å². The van der Waals surface area contributed by atoms with Crippen LogP contribution in [0.1, 0.15) is 18.9 Å². The Hall–Kier alpha value is -1.51. The van der Waals surface area contributed by atoms with Crippen LogP contribution in [-0.2, 0) is 16.4 Å². The minimum absolute atomic E-state index is 0.258. The average Bonchev–Trinajstić information content (AvgIpc) is 2.75. The predicted octanol–water partition coefficient (Wildman–Crippen LogP) is 1.34. The molecule has 1 unspecified atom stereocenters. The second kappa shape index (κ2) is 5.01. The van der Waals surface area contributed by atoms with Crippen LogP contribution in [0, 0.1) is 12.3 Å². The molecule has 18 heavy (non-hydrogen) atoms. The third-order valence-electron chi connectivity index (χ3n) is 2.88. The SMILES string of the molecule is C#CCC(C)NS(=O)(=O)c1ccc2c(c1)CCN2. The van der Waals surface area contributed by atoms with Crippen molar-refractivity contribution in [1.29, 1.82) is 0 Å². The van der Waals surface area contributed by atoms with Crippen LogP contribution < -0.4 is 10.0 Å². The maximum atomic E-state index is 12.1. The standard InChI is InChI=1S/C13H16N2O2S/c1-3-4-10(2)15-18(16,17)12-5-6-13-11(9-12)7-8-14-13/h1,5-6,9-10,14-15H,4,7-8H2,2H3. The molecule has 2 N–H and O–H groups in total. The molecule has 0 aromatic heterocycles. The summed E-state index contributed by atoms with van der Waals surface area (Å²) in [6.45, 7) is 2.62. The van der Waals surface area contributed by atoms with Gasteiger partial charge in [-0.2, -0.15) is 0 Å². The van der Waals surface area contributed by atoms with Gasteiger partial charge in [0.1, 0.15) is 0 Å². The van der Waals surface area contributed by atoms with Crippen molar-refractivity contribution in [3.63, 3.8) is 0 Å². The van der Waals surface area contributed by atoms with Gasteiger partial charge < -0.3 is 5.32 Å². The predicted molar refractivity (Wildman–Crippen MR) is 71.9 cm³/mol. The summed E-state index contributed by atoms with van der Waals surface area (Å²) in [5.74, 6) is 2.45. The molecule has 0 amide bonds. The van der Waals surface area contributed by atoms with Crippen molar-refractivity contribution < 1.29 is 8.42 Å². The van der Waals surface area contributed by atoms with Gasteiger partial charge in [0.15, 0.2) is 0 Å². The first kappa shape index (κ1) is 12.9. The molecule has 5 heteroatoms. The number of nitrogens with one attached hydrogen (secondary N) is 2. The summed E-state index contributed by atoms with van der Waals surface area (Å²) >= 11 is 0. The van der Waals surface area contributed by atoms with Crippen LogP contribution in [0.15, 0.2) is 23.1 Å². The molecule has 2 rings (SSSR count). The number of hydrogen-bond acceptors (Lipinski definition) is 3. The van der Waals surface area contributed by atoms with E-state index in [0.717, 1.165) is 24.2 Å². The molecule has 1 atom stereocenters. The minimum atomic E-state index is -3.48. The molecule has 1 aromatic carbocycles. The zero-order valence-corrected chi connectivity index (χ0v) is 11.0. The van der Waals surface area contributed by atoms with E-state index in [1.807, 2.05) is 6.07 Å². The van der Waals surface area contributed by atoms with Crippen molar-refractivity contribution in [3.05, 3.63) is 23.8 Å². The smallest absolute Gasteiger partial charge is 0.240 e. The fourth-order valence-electron chi connectivity index (χ4n) is 2.00. The number of fused-ring (bicyclic) bond motifs is 1. The van der Waals surface area contributed by atoms with Crippen LogP contribution in [0.25, 0.3) is 0 Å². The van der Waals surface area contributed by atoms with Gasteiger partial charge in [-0.3, -0.25) is 0 Å². The largest absolute Gasteiger partial charge is 0.384 e. The van der Waals surface area contributed by atoms with Gasteiger partial charge in [-0.05, 0) is 37.1 Å². The van der Waals surface area contributed by atoms with Gasteiger partial charge in [0, 0.05) is 24.7 Å². The summed E-state index contributed by atoms with van der Waals surface area (Å²) in [6, 6.07) is 4.89. The molecule has 96 valence electrons. The lowest BCUT2D eigenvalue weighted by atomic mass is 10.2. The second-order valence-corrected chi connectivity index (χ2v) is 6.14. The lowest BCUT2D eigenvalue weighted by molar-refractivity contribution is 0.563. The summed E-state index contributed by atoms with van der Waals surface area (Å²) in [7, 11) is -3.48. The van der Waals surface area contributed by atoms with Crippen molar-refractivity contribution in [2.24, 2.45) is 0 Å². The molecular formula is C13H16N2O2S. The van der Waals surface area contributed by atoms with Crippen molar-refractivity contribution in [2.45, 2.75) is 30.7 Å². The molecule has 4 nitrogen and oxygen atoms in total. The monoisotopic (exact) mass is 264 g/mol. The molecule has 0 radical (unpaired) electrons. The number of anilines is 1. The highest BCUT2D eigenvalue weighted by atomic mass is 32.2. The Labute approximate surface area is 108 Å². The summed E-state index contributed by atoms with van der Waals surface area (Å²) < 4.78 is 26.8. The molecule has 0 spiro atoms. The third kappa shape index (κ3) is 2.66. The summed E-state index contributed by atoms with van der Waals surface area (Å²) in [5, 5.41) is 3.20. The number of terminal acetylenes is 1. The highest BCUT2D eigenvalue weighted by molar-refractivity contribution is 7.89. The molecule has 0 saturated heterocycles. The van der Waals surface area contributed by atoms with Crippen molar-refractivity contribution in [1.82, 2.24) is 4.72 Å². The second-order valence-electron chi connectivity index (χ2n) is 4.43. The van der Waals surface area contributed by atoms with Crippen molar-refractivity contribution in [2.75, 3.05) is 11.9 Å². The van der Waals surface area contributed by atoms with Crippen LogP contribution >= 0.6 is 0 Å². The van der Waals surface area contributed by atoms with E-state index in [1.54, 1.807) is 19.1 Å². The lowest BCUT2D eigenvalue weighted by Gasteiger charge is -2.12. The van der Waals surface area contributed by atoms with Gasteiger partial charge in [0.05, 0.1) is 4.90 Å². The summed E-state index contributed by atoms with van der Waals surface area (Å²) in [4.78, 5) is 0.300. The molecule has 1 aliphatic heterocycles. The first-order valence-electron chi connectivity index (χ1n) is 5.85. The van der Waals surface area contributed by atoms with E-state index in [4.69, 9.17) is 6.42 Å². The molecule has 0 aliphatic carbocycles. The van der Waals surface area contributed by atoms with Gasteiger partial charge in [0.2, 0.25) is 10.0 Å². The third-order valence-corrected chi connectivity index (χ3v) is 4.46. The zero-order valence-electron chi connectivity index (χ0n) is 10.2. The fourth-order valence-corrected chi connectivity index (χ4v) is 3.29. The molecule has 1 heterocycles. The highest BCUT2D eigenvalue weighted by Gasteiger charge is 2.19. The number of hydrogen-bond donors (Lipinski definition) is 2. The van der Waals surface area contributed by atoms with Gasteiger partial charge >= 0.3 is 0 Å². The van der Waals surface area contributed by atoms with E-state index < -0.39 is 10.0 Å². The van der Waals surface area contributed by atoms with Crippen LogP contribution in [0.4, 0.5) is 5.69 Å². The topological polar surface area (TPSA) is 58.2 Å². The highest BCUT2D eigenvalue weighted by Crippen LogP contribution is 2.25. The van der Waals surface area contributed by atoms with Gasteiger partial charge in [-0.25, -0.2) is 13.1 Å². The fraction of sp³-hybridized carbons (Fsp3) is 0.385. The number of benzene rings is 1. The summed E-state index contributed by atoms with van der Waals surface area (Å²) in [6.07, 6.45) is 6.41. The van der Waals surface area contributed by atoms with E-state index >= 15 is 0 Å². The van der Waals surface area contributed by atoms with Crippen LogP contribution in [0.2, 0.25) is 0 Å². The minimum Gasteiger partial charge on any atom is -0.384 e. The Balaban J connectivity index is 2.23. The quantitative estimate of drug-likeness (QED) is 0.807. The Morgan fingerprint density at radius 3 is 3.06 bits per heavy atom. The maximum absolute atomic E-state index is 12.1. The number of rotatable bonds is 4. The molecule has 0 bridgehead atoms. The average molecular weight is 264 g/mol. The van der Waals surface area contributed by atoms with E-state index in [0.29, 0.717) is 11.3 Å².